The number of fused-ring (bicyclic) bond motifs is 14. The first-order chi connectivity index (χ1) is 44.4. The number of para-hydroxylation sites is 8. The molecule has 0 saturated carbocycles. The molecule has 448 valence electrons. The highest BCUT2D eigenvalue weighted by atomic mass is 35.5. The van der Waals surface area contributed by atoms with E-state index in [0.29, 0.717) is 5.46 Å². The fourth-order valence-corrected chi connectivity index (χ4v) is 16.1. The average molecular weight is 1210 g/mol. The van der Waals surface area contributed by atoms with Gasteiger partial charge in [0.1, 0.15) is 0 Å². The van der Waals surface area contributed by atoms with Crippen molar-refractivity contribution in [1.82, 2.24) is 9.13 Å². The van der Waals surface area contributed by atoms with Crippen LogP contribution in [0.15, 0.2) is 267 Å². The van der Waals surface area contributed by atoms with Gasteiger partial charge >= 0.3 is 7.12 Å². The first-order valence-corrected chi connectivity index (χ1v) is 32.4. The van der Waals surface area contributed by atoms with E-state index in [1.54, 1.807) is 6.07 Å². The maximum absolute atomic E-state index is 9.58. The highest BCUT2D eigenvalue weighted by Gasteiger charge is 2.40. The van der Waals surface area contributed by atoms with Crippen LogP contribution in [-0.4, -0.2) is 26.3 Å². The number of nitrogens with zero attached hydrogens (tertiary/aromatic N) is 4. The lowest BCUT2D eigenvalue weighted by atomic mass is 9.73. The summed E-state index contributed by atoms with van der Waals surface area (Å²) in [5.74, 6) is 0. The van der Waals surface area contributed by atoms with Crippen LogP contribution >= 0.6 is 11.6 Å². The lowest BCUT2D eigenvalue weighted by molar-refractivity contribution is 0.426. The van der Waals surface area contributed by atoms with E-state index in [0.717, 1.165) is 21.3 Å². The van der Waals surface area contributed by atoms with Crippen molar-refractivity contribution >= 4 is 102 Å². The smallest absolute Gasteiger partial charge is 0.423 e. The van der Waals surface area contributed by atoms with Crippen LogP contribution in [-0.2, 0) is 21.7 Å². The molecular formula is C84H70BClN4O2. The molecule has 8 heteroatoms. The monoisotopic (exact) mass is 1210 g/mol. The van der Waals surface area contributed by atoms with E-state index in [1.807, 2.05) is 24.3 Å². The Morgan fingerprint density at radius 1 is 0.293 bits per heavy atom. The normalized spacial score (nSPS) is 15.2. The van der Waals surface area contributed by atoms with Crippen molar-refractivity contribution in [1.29, 1.82) is 0 Å². The van der Waals surface area contributed by atoms with Crippen LogP contribution in [0.3, 0.4) is 0 Å². The Bertz CT molecular complexity index is 5310. The van der Waals surface area contributed by atoms with Crippen LogP contribution in [0.1, 0.15) is 99.9 Å². The summed E-state index contributed by atoms with van der Waals surface area (Å²) in [5.41, 5.74) is 28.0. The van der Waals surface area contributed by atoms with Crippen LogP contribution < -0.4 is 15.3 Å². The molecule has 0 fully saturated rings. The fourth-order valence-electron chi connectivity index (χ4n) is 16.0. The lowest BCUT2D eigenvalue weighted by Gasteiger charge is -2.42. The molecule has 6 heterocycles. The average Bonchev–Trinajstić information content (AvgIpc) is 1.48. The van der Waals surface area contributed by atoms with Gasteiger partial charge in [-0.15, -0.1) is 0 Å². The zero-order valence-corrected chi connectivity index (χ0v) is 53.8. The van der Waals surface area contributed by atoms with E-state index in [1.165, 1.54) is 128 Å². The molecule has 0 atom stereocenters. The Hall–Kier alpha value is -9.89. The van der Waals surface area contributed by atoms with E-state index in [-0.39, 0.29) is 21.7 Å². The molecule has 18 rings (SSSR count). The summed E-state index contributed by atoms with van der Waals surface area (Å²) >= 11 is 6.31. The molecule has 2 N–H and O–H groups in total. The molecule has 92 heavy (non-hydrogen) atoms. The van der Waals surface area contributed by atoms with Gasteiger partial charge < -0.3 is 29.0 Å². The minimum absolute atomic E-state index is 0.0612. The zero-order chi connectivity index (χ0) is 63.2. The van der Waals surface area contributed by atoms with E-state index < -0.39 is 7.12 Å². The molecule has 0 bridgehead atoms. The number of halogens is 1. The summed E-state index contributed by atoms with van der Waals surface area (Å²) in [6.07, 6.45) is 0. The van der Waals surface area contributed by atoms with Gasteiger partial charge in [-0.3, -0.25) is 0 Å². The molecule has 2 aromatic heterocycles. The summed E-state index contributed by atoms with van der Waals surface area (Å²) in [7, 11) is -1.46. The number of rotatable bonds is 4. The Kier molecular flexibility index (Phi) is 13.1. The number of hydrogen-bond acceptors (Lipinski definition) is 4. The van der Waals surface area contributed by atoms with Gasteiger partial charge in [0.2, 0.25) is 0 Å². The van der Waals surface area contributed by atoms with Crippen molar-refractivity contribution in [2.24, 2.45) is 0 Å². The SMILES string of the molecule is CC1(C)c2ccccc2-n2c3ccc(B(O)O)cc3c3cccc1c32.CC1(C)c2ccccc2N(c2ccccc2)c2ccc(-c3ccc4c(c3)c3cccc5c3n4-c3ccccc3C5(C)C)cc21.CC1(C)c2ccccc2N(c2ccccc2)c2ccc(Cl)cc21. The standard InChI is InChI=1S/C42H34N2.C21H18BNO2.C21H18ClN/c1-41(2)33-17-9-11-20-38(33)44-36-23-21-27(25-31(36)30-15-12-18-34(41)40(30)44)28-22-24-39-35(26-28)42(3,4)32-16-8-10-19-37(32)43(39)29-13-6-5-7-14-29;1-21(2)16-7-3-4-9-19(16)23-18-11-10-13(22(24)25)12-15(18)14-6-5-8-17(21)20(14)23;1-21(2)17-10-6-7-11-19(17)23(16-8-4-3-5-9-16)20-13-12-15(22)14-18(20)21/h5-26H,1-4H3;3-12,24-25H,1-2H3;3-14H,1-2H3. The number of benzene rings is 12. The Morgan fingerprint density at radius 2 is 0.652 bits per heavy atom. The van der Waals surface area contributed by atoms with Crippen molar-refractivity contribution in [2.75, 3.05) is 9.80 Å². The molecule has 12 aromatic carbocycles. The predicted molar refractivity (Wildman–Crippen MR) is 386 cm³/mol. The van der Waals surface area contributed by atoms with Gasteiger partial charge in [-0.25, -0.2) is 0 Å². The summed E-state index contributed by atoms with van der Waals surface area (Å²) in [4.78, 5) is 4.75. The summed E-state index contributed by atoms with van der Waals surface area (Å²) in [6.45, 7) is 18.5. The van der Waals surface area contributed by atoms with Gasteiger partial charge in [0.05, 0.1) is 56.2 Å². The van der Waals surface area contributed by atoms with Crippen molar-refractivity contribution in [3.05, 3.63) is 316 Å². The molecule has 0 radical (unpaired) electrons. The number of aromatic nitrogens is 2. The minimum Gasteiger partial charge on any atom is -0.423 e. The number of hydrogen-bond donors (Lipinski definition) is 2. The van der Waals surface area contributed by atoms with Gasteiger partial charge in [0.15, 0.2) is 0 Å². The van der Waals surface area contributed by atoms with Gasteiger partial charge in [0, 0.05) is 59.6 Å². The highest BCUT2D eigenvalue weighted by Crippen LogP contribution is 2.56. The summed E-state index contributed by atoms with van der Waals surface area (Å²) in [6, 6.07) is 95.5. The zero-order valence-electron chi connectivity index (χ0n) is 53.0. The first kappa shape index (κ1) is 57.3. The number of anilines is 6. The van der Waals surface area contributed by atoms with Crippen LogP contribution in [0.5, 0.6) is 0 Å². The fraction of sp³-hybridized carbons (Fsp3) is 0.143. The molecule has 14 aromatic rings. The molecule has 4 aliphatic rings. The molecule has 6 nitrogen and oxygen atoms in total. The predicted octanol–water partition coefficient (Wildman–Crippen LogP) is 20.8. The van der Waals surface area contributed by atoms with Crippen molar-refractivity contribution in [3.63, 3.8) is 0 Å². The Balaban J connectivity index is 0.000000119. The van der Waals surface area contributed by atoms with Gasteiger partial charge in [-0.2, -0.15) is 0 Å². The Labute approximate surface area is 543 Å². The molecule has 0 spiro atoms. The highest BCUT2D eigenvalue weighted by molar-refractivity contribution is 6.59. The van der Waals surface area contributed by atoms with E-state index >= 15 is 0 Å². The molecule has 4 aliphatic heterocycles. The van der Waals surface area contributed by atoms with Crippen molar-refractivity contribution in [3.8, 4) is 22.5 Å². The van der Waals surface area contributed by atoms with E-state index in [9.17, 15) is 10.0 Å². The molecule has 0 amide bonds. The van der Waals surface area contributed by atoms with Gasteiger partial charge in [-0.05, 0) is 158 Å². The quantitative estimate of drug-likeness (QED) is 0.172. The van der Waals surface area contributed by atoms with Gasteiger partial charge in [-0.1, -0.05) is 237 Å². The topological polar surface area (TPSA) is 56.8 Å². The second-order valence-corrected chi connectivity index (χ2v) is 27.7. The Morgan fingerprint density at radius 3 is 1.14 bits per heavy atom. The molecule has 0 aliphatic carbocycles. The maximum Gasteiger partial charge on any atom is 0.488 e. The van der Waals surface area contributed by atoms with Gasteiger partial charge in [0.25, 0.3) is 0 Å². The van der Waals surface area contributed by atoms with Crippen LogP contribution in [0.2, 0.25) is 5.02 Å². The maximum atomic E-state index is 9.58. The van der Waals surface area contributed by atoms with Crippen molar-refractivity contribution in [2.45, 2.75) is 77.0 Å². The molecule has 0 saturated heterocycles. The van der Waals surface area contributed by atoms with E-state index in [4.69, 9.17) is 11.6 Å². The third-order valence-electron chi connectivity index (χ3n) is 20.7. The summed E-state index contributed by atoms with van der Waals surface area (Å²) in [5, 5.41) is 24.8. The first-order valence-electron chi connectivity index (χ1n) is 32.0. The second-order valence-electron chi connectivity index (χ2n) is 27.3. The van der Waals surface area contributed by atoms with Crippen molar-refractivity contribution < 1.29 is 10.0 Å². The summed E-state index contributed by atoms with van der Waals surface area (Å²) < 4.78 is 4.81. The van der Waals surface area contributed by atoms with Crippen LogP contribution in [0, 0.1) is 0 Å². The lowest BCUT2D eigenvalue weighted by Crippen LogP contribution is -2.30. The van der Waals surface area contributed by atoms with Crippen LogP contribution in [0.4, 0.5) is 34.1 Å². The third-order valence-corrected chi connectivity index (χ3v) is 20.9. The molecular weight excluding hydrogens is 1140 g/mol. The van der Waals surface area contributed by atoms with E-state index in [2.05, 4.69) is 311 Å². The second kappa shape index (κ2) is 21.1. The van der Waals surface area contributed by atoms with Crippen LogP contribution in [0.25, 0.3) is 66.1 Å². The third kappa shape index (κ3) is 8.55. The largest absolute Gasteiger partial charge is 0.488 e. The molecule has 0 unspecified atom stereocenters. The minimum atomic E-state index is -1.46.